The summed E-state index contributed by atoms with van der Waals surface area (Å²) in [5.41, 5.74) is 2.52. The molecule has 4 unspecified atom stereocenters. The van der Waals surface area contributed by atoms with Gasteiger partial charge in [0.25, 0.3) is 0 Å². The molecular formula is C25H30O4. The molecule has 2 heterocycles. The topological polar surface area (TPSA) is 44.8 Å². The molecular weight excluding hydrogens is 364 g/mol. The third-order valence-electron chi connectivity index (χ3n) is 5.88. The van der Waals surface area contributed by atoms with Gasteiger partial charge >= 0.3 is 5.97 Å². The second kappa shape index (κ2) is 8.68. The van der Waals surface area contributed by atoms with E-state index in [2.05, 4.69) is 24.3 Å². The summed E-state index contributed by atoms with van der Waals surface area (Å²) in [7, 11) is 0. The normalized spacial score (nSPS) is 28.4. The molecule has 154 valence electrons. The highest BCUT2D eigenvalue weighted by Crippen LogP contribution is 2.39. The highest BCUT2D eigenvalue weighted by molar-refractivity contribution is 5.75. The summed E-state index contributed by atoms with van der Waals surface area (Å²) in [6.45, 7) is 3.88. The molecule has 0 aliphatic carbocycles. The van der Waals surface area contributed by atoms with Crippen LogP contribution < -0.4 is 0 Å². The number of rotatable bonds is 6. The lowest BCUT2D eigenvalue weighted by molar-refractivity contribution is -0.330. The summed E-state index contributed by atoms with van der Waals surface area (Å²) < 4.78 is 18.2. The minimum absolute atomic E-state index is 0.104. The molecule has 2 aliphatic rings. The van der Waals surface area contributed by atoms with Crippen molar-refractivity contribution in [3.05, 3.63) is 71.8 Å². The van der Waals surface area contributed by atoms with Gasteiger partial charge in [0.1, 0.15) is 12.0 Å². The maximum Gasteiger partial charge on any atom is 0.314 e. The van der Waals surface area contributed by atoms with Crippen LogP contribution in [0.2, 0.25) is 0 Å². The standard InChI is InChI=1S/C25H30O4/c1-25(2)28-21(16-14-19-11-7-4-8-12-19)23-22(29-25)17-20(27-24(23)26)15-13-18-9-5-3-6-10-18/h3-12,20-23H,13-17H2,1-2H3. The van der Waals surface area contributed by atoms with Crippen molar-refractivity contribution in [1.82, 2.24) is 0 Å². The van der Waals surface area contributed by atoms with Crippen molar-refractivity contribution in [1.29, 1.82) is 0 Å². The lowest BCUT2D eigenvalue weighted by Gasteiger charge is -2.48. The molecule has 2 aliphatic heterocycles. The first kappa shape index (κ1) is 20.1. The molecule has 0 saturated carbocycles. The van der Waals surface area contributed by atoms with Crippen LogP contribution in [0.4, 0.5) is 0 Å². The van der Waals surface area contributed by atoms with Crippen molar-refractivity contribution in [3.8, 4) is 0 Å². The number of fused-ring (bicyclic) bond motifs is 1. The molecule has 4 rings (SSSR count). The summed E-state index contributed by atoms with van der Waals surface area (Å²) in [6.07, 6.45) is 3.65. The number of hydrogen-bond acceptors (Lipinski definition) is 4. The number of cyclic esters (lactones) is 1. The summed E-state index contributed by atoms with van der Waals surface area (Å²) in [4.78, 5) is 12.9. The van der Waals surface area contributed by atoms with E-state index in [0.29, 0.717) is 0 Å². The summed E-state index contributed by atoms with van der Waals surface area (Å²) in [6, 6.07) is 20.6. The molecule has 2 saturated heterocycles. The second-order valence-corrected chi connectivity index (χ2v) is 8.58. The molecule has 0 N–H and O–H groups in total. The molecule has 4 atom stereocenters. The first-order valence-corrected chi connectivity index (χ1v) is 10.6. The lowest BCUT2D eigenvalue weighted by atomic mass is 9.84. The molecule has 4 heteroatoms. The predicted molar refractivity (Wildman–Crippen MR) is 111 cm³/mol. The summed E-state index contributed by atoms with van der Waals surface area (Å²) in [5, 5.41) is 0. The van der Waals surface area contributed by atoms with Crippen LogP contribution in [0, 0.1) is 5.92 Å². The van der Waals surface area contributed by atoms with E-state index < -0.39 is 5.79 Å². The molecule has 4 nitrogen and oxygen atoms in total. The molecule has 0 radical (unpaired) electrons. The Morgan fingerprint density at radius 2 is 1.45 bits per heavy atom. The van der Waals surface area contributed by atoms with Gasteiger partial charge in [-0.15, -0.1) is 0 Å². The lowest BCUT2D eigenvalue weighted by Crippen LogP contribution is -2.58. The first-order chi connectivity index (χ1) is 14.0. The van der Waals surface area contributed by atoms with Gasteiger partial charge in [0, 0.05) is 6.42 Å². The Hall–Kier alpha value is -2.17. The maximum absolute atomic E-state index is 12.9. The van der Waals surface area contributed by atoms with Gasteiger partial charge in [-0.05, 0) is 50.7 Å². The van der Waals surface area contributed by atoms with E-state index in [4.69, 9.17) is 14.2 Å². The van der Waals surface area contributed by atoms with E-state index >= 15 is 0 Å². The average molecular weight is 395 g/mol. The molecule has 0 amide bonds. The fourth-order valence-electron chi connectivity index (χ4n) is 4.53. The Morgan fingerprint density at radius 3 is 2.07 bits per heavy atom. The molecule has 2 aromatic rings. The monoisotopic (exact) mass is 394 g/mol. The van der Waals surface area contributed by atoms with Crippen LogP contribution >= 0.6 is 0 Å². The van der Waals surface area contributed by atoms with Crippen molar-refractivity contribution in [3.63, 3.8) is 0 Å². The Balaban J connectivity index is 1.41. The van der Waals surface area contributed by atoms with E-state index in [1.165, 1.54) is 11.1 Å². The van der Waals surface area contributed by atoms with Gasteiger partial charge in [-0.1, -0.05) is 60.7 Å². The van der Waals surface area contributed by atoms with Gasteiger partial charge in [-0.25, -0.2) is 0 Å². The van der Waals surface area contributed by atoms with Crippen LogP contribution in [0.5, 0.6) is 0 Å². The maximum atomic E-state index is 12.9. The highest BCUT2D eigenvalue weighted by Gasteiger charge is 2.51. The molecule has 2 aromatic carbocycles. The van der Waals surface area contributed by atoms with Crippen LogP contribution in [0.25, 0.3) is 0 Å². The van der Waals surface area contributed by atoms with Gasteiger partial charge in [-0.2, -0.15) is 0 Å². The van der Waals surface area contributed by atoms with Crippen molar-refractivity contribution in [2.24, 2.45) is 5.92 Å². The minimum Gasteiger partial charge on any atom is -0.462 e. The molecule has 29 heavy (non-hydrogen) atoms. The molecule has 0 aromatic heterocycles. The highest BCUT2D eigenvalue weighted by atomic mass is 16.7. The van der Waals surface area contributed by atoms with Crippen molar-refractivity contribution in [2.45, 2.75) is 70.1 Å². The quantitative estimate of drug-likeness (QED) is 0.666. The van der Waals surface area contributed by atoms with Gasteiger partial charge in [0.05, 0.1) is 12.2 Å². The van der Waals surface area contributed by atoms with E-state index in [-0.39, 0.29) is 30.2 Å². The Labute approximate surface area is 173 Å². The van der Waals surface area contributed by atoms with Gasteiger partial charge in [-0.3, -0.25) is 4.79 Å². The fraction of sp³-hybridized carbons (Fsp3) is 0.480. The van der Waals surface area contributed by atoms with E-state index in [1.807, 2.05) is 50.2 Å². The Bertz CT molecular complexity index is 802. The van der Waals surface area contributed by atoms with Crippen LogP contribution in [0.3, 0.4) is 0 Å². The number of benzene rings is 2. The zero-order valence-corrected chi connectivity index (χ0v) is 17.3. The number of carbonyl (C=O) groups excluding carboxylic acids is 1. The van der Waals surface area contributed by atoms with E-state index in [1.54, 1.807) is 0 Å². The first-order valence-electron chi connectivity index (χ1n) is 10.6. The largest absolute Gasteiger partial charge is 0.462 e. The minimum atomic E-state index is -0.690. The van der Waals surface area contributed by atoms with Crippen molar-refractivity contribution in [2.75, 3.05) is 0 Å². The third-order valence-corrected chi connectivity index (χ3v) is 5.88. The summed E-state index contributed by atoms with van der Waals surface area (Å²) >= 11 is 0. The average Bonchev–Trinajstić information content (AvgIpc) is 2.71. The van der Waals surface area contributed by atoms with Gasteiger partial charge < -0.3 is 14.2 Å². The van der Waals surface area contributed by atoms with E-state index in [0.717, 1.165) is 32.1 Å². The van der Waals surface area contributed by atoms with Crippen LogP contribution in [-0.2, 0) is 31.8 Å². The number of carbonyl (C=O) groups is 1. The number of esters is 1. The fourth-order valence-corrected chi connectivity index (χ4v) is 4.53. The number of hydrogen-bond donors (Lipinski definition) is 0. The number of ether oxygens (including phenoxy) is 3. The van der Waals surface area contributed by atoms with Gasteiger partial charge in [0.15, 0.2) is 5.79 Å². The van der Waals surface area contributed by atoms with Crippen LogP contribution in [-0.4, -0.2) is 30.1 Å². The van der Waals surface area contributed by atoms with Gasteiger partial charge in [0.2, 0.25) is 0 Å². The molecule has 2 fully saturated rings. The molecule has 0 spiro atoms. The zero-order chi connectivity index (χ0) is 20.3. The Morgan fingerprint density at radius 1 is 0.862 bits per heavy atom. The Kier molecular flexibility index (Phi) is 6.02. The summed E-state index contributed by atoms with van der Waals surface area (Å²) in [5.74, 6) is -1.21. The van der Waals surface area contributed by atoms with E-state index in [9.17, 15) is 4.79 Å². The SMILES string of the molecule is CC1(C)OC(CCc2ccccc2)C2C(=O)OC(CCc3ccccc3)CC2O1. The van der Waals surface area contributed by atoms with Crippen molar-refractivity contribution < 1.29 is 19.0 Å². The van der Waals surface area contributed by atoms with Crippen molar-refractivity contribution >= 4 is 5.97 Å². The second-order valence-electron chi connectivity index (χ2n) is 8.58. The zero-order valence-electron chi connectivity index (χ0n) is 17.3. The van der Waals surface area contributed by atoms with Crippen LogP contribution in [0.1, 0.15) is 44.2 Å². The third kappa shape index (κ3) is 5.06. The van der Waals surface area contributed by atoms with Crippen LogP contribution in [0.15, 0.2) is 60.7 Å². The predicted octanol–water partition coefficient (Wildman–Crippen LogP) is 4.70. The number of aryl methyl sites for hydroxylation is 2. The smallest absolute Gasteiger partial charge is 0.314 e. The molecule has 0 bridgehead atoms.